The van der Waals surface area contributed by atoms with Crippen molar-refractivity contribution in [3.05, 3.63) is 71.2 Å². The van der Waals surface area contributed by atoms with Crippen LogP contribution in [-0.2, 0) is 14.3 Å². The van der Waals surface area contributed by atoms with Crippen LogP contribution < -0.4 is 15.5 Å². The molecule has 1 atom stereocenters. The van der Waals surface area contributed by atoms with Gasteiger partial charge in [0.1, 0.15) is 5.82 Å². The highest BCUT2D eigenvalue weighted by atomic mass is 19.1. The fourth-order valence-electron chi connectivity index (χ4n) is 5.78. The number of fused-ring (bicyclic) bond motifs is 1. The summed E-state index contributed by atoms with van der Waals surface area (Å²) in [6.45, 7) is 9.13. The number of carbonyl (C=O) groups excluding carboxylic acids is 2. The Labute approximate surface area is 224 Å². The van der Waals surface area contributed by atoms with Crippen LogP contribution in [0, 0.1) is 11.2 Å². The van der Waals surface area contributed by atoms with Crippen LogP contribution in [0.4, 0.5) is 15.8 Å². The zero-order valence-electron chi connectivity index (χ0n) is 22.3. The Morgan fingerprint density at radius 2 is 1.84 bits per heavy atom. The number of anilines is 2. The van der Waals surface area contributed by atoms with Gasteiger partial charge in [0.2, 0.25) is 5.91 Å². The van der Waals surface area contributed by atoms with Crippen molar-refractivity contribution in [3.63, 3.8) is 0 Å². The Morgan fingerprint density at radius 3 is 2.61 bits per heavy atom. The lowest BCUT2D eigenvalue weighted by atomic mass is 9.73. The predicted molar refractivity (Wildman–Crippen MR) is 146 cm³/mol. The third-order valence-electron chi connectivity index (χ3n) is 7.58. The first-order valence-electron chi connectivity index (χ1n) is 13.5. The molecule has 8 heteroatoms. The zero-order chi connectivity index (χ0) is 26.7. The molecule has 5 rings (SSSR count). The van der Waals surface area contributed by atoms with Crippen molar-refractivity contribution in [2.75, 3.05) is 56.2 Å². The number of carbonyl (C=O) groups is 2. The molecule has 1 amide bonds. The minimum atomic E-state index is -0.510. The third-order valence-corrected chi connectivity index (χ3v) is 7.58. The molecule has 2 N–H and O–H groups in total. The lowest BCUT2D eigenvalue weighted by Crippen LogP contribution is -2.43. The second kappa shape index (κ2) is 11.3. The van der Waals surface area contributed by atoms with Crippen molar-refractivity contribution in [1.29, 1.82) is 0 Å². The van der Waals surface area contributed by atoms with E-state index in [1.807, 2.05) is 29.2 Å². The summed E-state index contributed by atoms with van der Waals surface area (Å²) in [5.74, 6) is -0.390. The number of hydrogen-bond donors (Lipinski definition) is 2. The number of rotatable bonds is 7. The first-order chi connectivity index (χ1) is 18.3. The molecule has 2 aliphatic heterocycles. The molecule has 38 heavy (non-hydrogen) atoms. The maximum Gasteiger partial charge on any atom is 0.239 e. The summed E-state index contributed by atoms with van der Waals surface area (Å²) < 4.78 is 19.3. The summed E-state index contributed by atoms with van der Waals surface area (Å²) in [4.78, 5) is 31.3. The van der Waals surface area contributed by atoms with Crippen molar-refractivity contribution in [3.8, 4) is 0 Å². The fourth-order valence-corrected chi connectivity index (χ4v) is 5.78. The average molecular weight is 521 g/mol. The first-order valence-corrected chi connectivity index (χ1v) is 13.5. The fraction of sp³-hybridized carbons (Fsp3) is 0.467. The Kier molecular flexibility index (Phi) is 7.81. The Bertz CT molecular complexity index is 1200. The van der Waals surface area contributed by atoms with E-state index in [0.29, 0.717) is 25.0 Å². The molecule has 202 valence electrons. The van der Waals surface area contributed by atoms with Gasteiger partial charge in [0.05, 0.1) is 37.2 Å². The van der Waals surface area contributed by atoms with Crippen LogP contribution in [-0.4, -0.2) is 62.5 Å². The van der Waals surface area contributed by atoms with E-state index in [1.54, 1.807) is 12.1 Å². The maximum atomic E-state index is 13.9. The van der Waals surface area contributed by atoms with E-state index in [-0.39, 0.29) is 29.5 Å². The van der Waals surface area contributed by atoms with Gasteiger partial charge in [-0.05, 0) is 54.6 Å². The van der Waals surface area contributed by atoms with E-state index in [2.05, 4.69) is 29.4 Å². The van der Waals surface area contributed by atoms with Crippen molar-refractivity contribution in [2.45, 2.75) is 39.2 Å². The van der Waals surface area contributed by atoms with Crippen LogP contribution in [0.1, 0.15) is 44.7 Å². The van der Waals surface area contributed by atoms with E-state index in [1.165, 1.54) is 12.1 Å². The van der Waals surface area contributed by atoms with Gasteiger partial charge in [-0.15, -0.1) is 0 Å². The lowest BCUT2D eigenvalue weighted by Gasteiger charge is -2.37. The van der Waals surface area contributed by atoms with Crippen molar-refractivity contribution >= 4 is 23.1 Å². The largest absolute Gasteiger partial charge is 0.379 e. The number of nitrogens with zero attached hydrogens (tertiary/aromatic N) is 2. The second-order valence-electron chi connectivity index (χ2n) is 11.2. The second-order valence-corrected chi connectivity index (χ2v) is 11.2. The summed E-state index contributed by atoms with van der Waals surface area (Å²) in [5.41, 5.74) is 3.83. The summed E-state index contributed by atoms with van der Waals surface area (Å²) in [7, 11) is 0. The van der Waals surface area contributed by atoms with E-state index in [4.69, 9.17) is 4.74 Å². The number of nitrogens with one attached hydrogen (secondary N) is 2. The van der Waals surface area contributed by atoms with Crippen LogP contribution in [0.2, 0.25) is 0 Å². The van der Waals surface area contributed by atoms with Gasteiger partial charge >= 0.3 is 0 Å². The van der Waals surface area contributed by atoms with E-state index < -0.39 is 6.04 Å². The number of benzene rings is 2. The normalized spacial score (nSPS) is 21.3. The van der Waals surface area contributed by atoms with Crippen LogP contribution in [0.25, 0.3) is 0 Å². The molecule has 2 aromatic carbocycles. The molecule has 0 bridgehead atoms. The van der Waals surface area contributed by atoms with Gasteiger partial charge in [-0.1, -0.05) is 38.1 Å². The molecule has 0 radical (unpaired) electrons. The van der Waals surface area contributed by atoms with Crippen molar-refractivity contribution < 1.29 is 18.7 Å². The molecule has 1 unspecified atom stereocenters. The van der Waals surface area contributed by atoms with Crippen molar-refractivity contribution in [2.24, 2.45) is 5.41 Å². The number of halogens is 1. The van der Waals surface area contributed by atoms with Gasteiger partial charge in [0, 0.05) is 37.3 Å². The number of Topliss-reactive ketones (excluding diaryl/α,β-unsaturated/α-hetero) is 1. The van der Waals surface area contributed by atoms with Gasteiger partial charge < -0.3 is 20.3 Å². The van der Waals surface area contributed by atoms with Crippen LogP contribution >= 0.6 is 0 Å². The first kappa shape index (κ1) is 26.4. The topological polar surface area (TPSA) is 73.9 Å². The molecule has 0 aromatic heterocycles. The minimum absolute atomic E-state index is 0.0572. The average Bonchev–Trinajstić information content (AvgIpc) is 3.01. The van der Waals surface area contributed by atoms with Crippen LogP contribution in [0.15, 0.2) is 59.8 Å². The van der Waals surface area contributed by atoms with Crippen molar-refractivity contribution in [1.82, 2.24) is 10.2 Å². The minimum Gasteiger partial charge on any atom is -0.379 e. The number of allylic oxidation sites excluding steroid dienone is 1. The standard InChI is InChI=1S/C30H37FN4O3/c1-30(2)18-24-28(26(36)19-30)29(21-8-10-22(31)11-9-21)35(25-7-4-3-6-23(25)33-24)20-27(37)32-12-5-13-34-14-16-38-17-15-34/h3-4,6-11,29,33H,5,12-20H2,1-2H3,(H,32,37). The molecular weight excluding hydrogens is 483 g/mol. The monoisotopic (exact) mass is 520 g/mol. The van der Waals surface area contributed by atoms with E-state index in [9.17, 15) is 14.0 Å². The van der Waals surface area contributed by atoms with Gasteiger partial charge in [0.15, 0.2) is 5.78 Å². The zero-order valence-corrected chi connectivity index (χ0v) is 22.3. The Balaban J connectivity index is 1.44. The molecule has 2 heterocycles. The van der Waals surface area contributed by atoms with Crippen LogP contribution in [0.5, 0.6) is 0 Å². The molecule has 3 aliphatic rings. The smallest absolute Gasteiger partial charge is 0.239 e. The molecule has 1 saturated heterocycles. The molecule has 7 nitrogen and oxygen atoms in total. The predicted octanol–water partition coefficient (Wildman–Crippen LogP) is 4.28. The summed E-state index contributed by atoms with van der Waals surface area (Å²) in [6, 6.07) is 13.6. The molecule has 1 aliphatic carbocycles. The third kappa shape index (κ3) is 5.92. The lowest BCUT2D eigenvalue weighted by molar-refractivity contribution is -0.120. The number of ether oxygens (including phenoxy) is 1. The van der Waals surface area contributed by atoms with E-state index >= 15 is 0 Å². The van der Waals surface area contributed by atoms with Gasteiger partial charge in [0.25, 0.3) is 0 Å². The Morgan fingerprint density at radius 1 is 1.11 bits per heavy atom. The molecule has 0 spiro atoms. The highest BCUT2D eigenvalue weighted by Crippen LogP contribution is 2.48. The van der Waals surface area contributed by atoms with Gasteiger partial charge in [-0.2, -0.15) is 0 Å². The highest BCUT2D eigenvalue weighted by Gasteiger charge is 2.41. The summed E-state index contributed by atoms with van der Waals surface area (Å²) in [5, 5.41) is 6.62. The summed E-state index contributed by atoms with van der Waals surface area (Å²) in [6.07, 6.45) is 1.99. The molecule has 1 fully saturated rings. The van der Waals surface area contributed by atoms with E-state index in [0.717, 1.165) is 61.9 Å². The highest BCUT2D eigenvalue weighted by molar-refractivity contribution is 6.01. The Hall–Kier alpha value is -3.23. The summed E-state index contributed by atoms with van der Waals surface area (Å²) >= 11 is 0. The van der Waals surface area contributed by atoms with Gasteiger partial charge in [-0.25, -0.2) is 4.39 Å². The molecule has 2 aromatic rings. The SMILES string of the molecule is CC1(C)CC(=O)C2=C(C1)Nc1ccccc1N(CC(=O)NCCCN1CCOCC1)C2c1ccc(F)cc1. The maximum absolute atomic E-state index is 13.9. The number of ketones is 1. The quantitative estimate of drug-likeness (QED) is 0.531. The number of morpholine rings is 1. The number of amides is 1. The molecule has 0 saturated carbocycles. The molecular formula is C30H37FN4O3. The van der Waals surface area contributed by atoms with Crippen LogP contribution in [0.3, 0.4) is 0 Å². The number of hydrogen-bond acceptors (Lipinski definition) is 6. The number of para-hydroxylation sites is 2. The van der Waals surface area contributed by atoms with Gasteiger partial charge in [-0.3, -0.25) is 14.5 Å².